The lowest BCUT2D eigenvalue weighted by Crippen LogP contribution is -2.37. The molecule has 150 valence electrons. The smallest absolute Gasteiger partial charge is 0.335 e. The fraction of sp³-hybridized carbons (Fsp3) is 0.350. The summed E-state index contributed by atoms with van der Waals surface area (Å²) in [7, 11) is -3.75. The molecule has 2 aromatic rings. The summed E-state index contributed by atoms with van der Waals surface area (Å²) in [5.41, 5.74) is 1.23. The molecular weight excluding hydrogens is 382 g/mol. The third kappa shape index (κ3) is 4.28. The number of aromatic carboxylic acids is 1. The molecule has 7 nitrogen and oxygen atoms in total. The standard InChI is InChI=1S/C20H23NO6S/c1-12-10-16(7-9-17(12)20(24)25)28(26,27)21-14-4-2-13(3-5-14)18-8-6-15(22)11-19(18)23/h6-11,13-14,21-23H,2-5H2,1H3,(H,24,25)/t13-,14-. The first-order chi connectivity index (χ1) is 13.2. The van der Waals surface area contributed by atoms with E-state index in [0.29, 0.717) is 31.2 Å². The normalized spacial score (nSPS) is 20.0. The lowest BCUT2D eigenvalue weighted by atomic mass is 9.81. The second-order valence-corrected chi connectivity index (χ2v) is 8.91. The van der Waals surface area contributed by atoms with Crippen LogP contribution in [0.5, 0.6) is 11.5 Å². The Morgan fingerprint density at radius 3 is 2.29 bits per heavy atom. The largest absolute Gasteiger partial charge is 0.508 e. The van der Waals surface area contributed by atoms with Gasteiger partial charge >= 0.3 is 5.97 Å². The van der Waals surface area contributed by atoms with Crippen molar-refractivity contribution in [3.8, 4) is 11.5 Å². The fourth-order valence-electron chi connectivity index (χ4n) is 3.73. The third-order valence-corrected chi connectivity index (χ3v) is 6.76. The number of carboxylic acid groups (broad SMARTS) is 1. The Morgan fingerprint density at radius 1 is 1.04 bits per heavy atom. The Morgan fingerprint density at radius 2 is 1.71 bits per heavy atom. The van der Waals surface area contributed by atoms with E-state index in [2.05, 4.69) is 4.72 Å². The second kappa shape index (κ2) is 7.81. The molecule has 1 fully saturated rings. The van der Waals surface area contributed by atoms with Gasteiger partial charge in [0.2, 0.25) is 10.0 Å². The van der Waals surface area contributed by atoms with Gasteiger partial charge in [-0.05, 0) is 73.9 Å². The summed E-state index contributed by atoms with van der Waals surface area (Å²) < 4.78 is 28.0. The number of carbonyl (C=O) groups is 1. The maximum atomic E-state index is 12.7. The van der Waals surface area contributed by atoms with E-state index in [4.69, 9.17) is 5.11 Å². The van der Waals surface area contributed by atoms with E-state index in [9.17, 15) is 23.4 Å². The SMILES string of the molecule is Cc1cc(S(=O)(=O)N[C@H]2CC[C@H](c3ccc(O)cc3O)CC2)ccc1C(=O)O. The van der Waals surface area contributed by atoms with Crippen LogP contribution in [0.4, 0.5) is 0 Å². The Kier molecular flexibility index (Phi) is 5.62. The summed E-state index contributed by atoms with van der Waals surface area (Å²) in [5.74, 6) is -0.923. The van der Waals surface area contributed by atoms with Gasteiger partial charge < -0.3 is 15.3 Å². The van der Waals surface area contributed by atoms with Crippen molar-refractivity contribution in [2.45, 2.75) is 49.5 Å². The molecular formula is C20H23NO6S. The molecule has 0 aromatic heterocycles. The van der Waals surface area contributed by atoms with E-state index in [1.807, 2.05) is 0 Å². The number of hydrogen-bond donors (Lipinski definition) is 4. The zero-order valence-electron chi connectivity index (χ0n) is 15.4. The minimum Gasteiger partial charge on any atom is -0.508 e. The summed E-state index contributed by atoms with van der Waals surface area (Å²) in [5, 5.41) is 28.5. The number of hydrogen-bond acceptors (Lipinski definition) is 5. The highest BCUT2D eigenvalue weighted by atomic mass is 32.2. The van der Waals surface area contributed by atoms with Gasteiger partial charge in [0.25, 0.3) is 0 Å². The maximum absolute atomic E-state index is 12.7. The van der Waals surface area contributed by atoms with E-state index in [1.165, 1.54) is 30.3 Å². The van der Waals surface area contributed by atoms with Crippen molar-refractivity contribution in [1.82, 2.24) is 4.72 Å². The van der Waals surface area contributed by atoms with Crippen LogP contribution in [0.15, 0.2) is 41.3 Å². The van der Waals surface area contributed by atoms with Gasteiger partial charge in [0.05, 0.1) is 10.5 Å². The lowest BCUT2D eigenvalue weighted by molar-refractivity contribution is 0.0696. The molecule has 0 aliphatic heterocycles. The number of sulfonamides is 1. The van der Waals surface area contributed by atoms with Crippen LogP contribution >= 0.6 is 0 Å². The third-order valence-electron chi connectivity index (χ3n) is 5.24. The minimum atomic E-state index is -3.75. The number of carboxylic acids is 1. The van der Waals surface area contributed by atoms with Crippen molar-refractivity contribution in [3.63, 3.8) is 0 Å². The maximum Gasteiger partial charge on any atom is 0.335 e. The van der Waals surface area contributed by atoms with Gasteiger partial charge in [-0.2, -0.15) is 0 Å². The van der Waals surface area contributed by atoms with Gasteiger partial charge in [-0.25, -0.2) is 17.9 Å². The van der Waals surface area contributed by atoms with Crippen molar-refractivity contribution >= 4 is 16.0 Å². The van der Waals surface area contributed by atoms with Gasteiger partial charge in [0, 0.05) is 12.1 Å². The highest BCUT2D eigenvalue weighted by Crippen LogP contribution is 2.38. The van der Waals surface area contributed by atoms with E-state index in [0.717, 1.165) is 5.56 Å². The number of nitrogens with one attached hydrogen (secondary N) is 1. The first-order valence-electron chi connectivity index (χ1n) is 9.05. The molecule has 1 aliphatic carbocycles. The molecule has 0 heterocycles. The molecule has 8 heteroatoms. The number of aryl methyl sites for hydroxylation is 1. The van der Waals surface area contributed by atoms with Crippen molar-refractivity contribution in [2.75, 3.05) is 0 Å². The molecule has 0 spiro atoms. The quantitative estimate of drug-likeness (QED) is 0.606. The monoisotopic (exact) mass is 405 g/mol. The van der Waals surface area contributed by atoms with E-state index in [1.54, 1.807) is 13.0 Å². The molecule has 0 bridgehead atoms. The lowest BCUT2D eigenvalue weighted by Gasteiger charge is -2.29. The molecule has 0 unspecified atom stereocenters. The van der Waals surface area contributed by atoms with Crippen LogP contribution in [-0.4, -0.2) is 35.7 Å². The van der Waals surface area contributed by atoms with Crippen LogP contribution in [0.2, 0.25) is 0 Å². The van der Waals surface area contributed by atoms with Crippen LogP contribution < -0.4 is 4.72 Å². The van der Waals surface area contributed by atoms with Gasteiger partial charge in [0.1, 0.15) is 11.5 Å². The number of aromatic hydroxyl groups is 2. The molecule has 0 atom stereocenters. The second-order valence-electron chi connectivity index (χ2n) is 7.19. The predicted molar refractivity (Wildman–Crippen MR) is 103 cm³/mol. The number of rotatable bonds is 5. The van der Waals surface area contributed by atoms with Crippen LogP contribution in [0.1, 0.15) is 53.1 Å². The van der Waals surface area contributed by atoms with Gasteiger partial charge in [-0.1, -0.05) is 6.07 Å². The van der Waals surface area contributed by atoms with Crippen molar-refractivity contribution in [2.24, 2.45) is 0 Å². The molecule has 28 heavy (non-hydrogen) atoms. The van der Waals surface area contributed by atoms with Gasteiger partial charge in [-0.15, -0.1) is 0 Å². The zero-order chi connectivity index (χ0) is 20.5. The van der Waals surface area contributed by atoms with Crippen LogP contribution in [0.3, 0.4) is 0 Å². The summed E-state index contributed by atoms with van der Waals surface area (Å²) in [4.78, 5) is 11.1. The highest BCUT2D eigenvalue weighted by Gasteiger charge is 2.28. The van der Waals surface area contributed by atoms with Crippen LogP contribution in [0, 0.1) is 6.92 Å². The molecule has 0 radical (unpaired) electrons. The Hall–Kier alpha value is -2.58. The topological polar surface area (TPSA) is 124 Å². The number of phenols is 2. The van der Waals surface area contributed by atoms with Crippen molar-refractivity contribution in [3.05, 3.63) is 53.1 Å². The molecule has 1 saturated carbocycles. The average Bonchev–Trinajstić information content (AvgIpc) is 2.62. The van der Waals surface area contributed by atoms with E-state index in [-0.39, 0.29) is 33.9 Å². The van der Waals surface area contributed by atoms with E-state index < -0.39 is 16.0 Å². The molecule has 1 aliphatic rings. The molecule has 0 amide bonds. The summed E-state index contributed by atoms with van der Waals surface area (Å²) in [6.45, 7) is 1.57. The summed E-state index contributed by atoms with van der Waals surface area (Å²) >= 11 is 0. The van der Waals surface area contributed by atoms with E-state index >= 15 is 0 Å². The summed E-state index contributed by atoms with van der Waals surface area (Å²) in [6, 6.07) is 8.30. The fourth-order valence-corrected chi connectivity index (χ4v) is 5.12. The number of phenolic OH excluding ortho intramolecular Hbond substituents is 2. The average molecular weight is 405 g/mol. The highest BCUT2D eigenvalue weighted by molar-refractivity contribution is 7.89. The molecule has 2 aromatic carbocycles. The summed E-state index contributed by atoms with van der Waals surface area (Å²) in [6.07, 6.45) is 2.66. The first kappa shape index (κ1) is 20.2. The Bertz CT molecular complexity index is 994. The van der Waals surface area contributed by atoms with Crippen molar-refractivity contribution in [1.29, 1.82) is 0 Å². The zero-order valence-corrected chi connectivity index (χ0v) is 16.2. The Labute approximate surface area is 163 Å². The molecule has 3 rings (SSSR count). The van der Waals surface area contributed by atoms with Crippen LogP contribution in [-0.2, 0) is 10.0 Å². The van der Waals surface area contributed by atoms with Gasteiger partial charge in [-0.3, -0.25) is 0 Å². The van der Waals surface area contributed by atoms with Crippen LogP contribution in [0.25, 0.3) is 0 Å². The number of benzene rings is 2. The van der Waals surface area contributed by atoms with Gasteiger partial charge in [0.15, 0.2) is 0 Å². The predicted octanol–water partition coefficient (Wildman–Crippen LogP) is 3.11. The Balaban J connectivity index is 1.66. The minimum absolute atomic E-state index is 0.00639. The molecule has 4 N–H and O–H groups in total. The molecule has 0 saturated heterocycles. The first-order valence-corrected chi connectivity index (χ1v) is 10.5. The van der Waals surface area contributed by atoms with Crippen molar-refractivity contribution < 1.29 is 28.5 Å².